The Morgan fingerprint density at radius 2 is 1.60 bits per heavy atom. The molecule has 3 amide bonds. The fourth-order valence-corrected chi connectivity index (χ4v) is 10.2. The average molecular weight is 1350 g/mol. The van der Waals surface area contributed by atoms with Crippen LogP contribution in [0.4, 0.5) is 32.1 Å². The van der Waals surface area contributed by atoms with Crippen molar-refractivity contribution in [2.24, 2.45) is 0 Å². The molecular weight excluding hydrogens is 1270 g/mol. The maximum absolute atomic E-state index is 15.7. The van der Waals surface area contributed by atoms with Crippen molar-refractivity contribution in [3.63, 3.8) is 0 Å². The van der Waals surface area contributed by atoms with Gasteiger partial charge in [-0.1, -0.05) is 16.8 Å². The maximum atomic E-state index is 15.7. The molecule has 1 aliphatic rings. The van der Waals surface area contributed by atoms with Gasteiger partial charge in [-0.25, -0.2) is 48.2 Å². The van der Waals surface area contributed by atoms with Crippen LogP contribution < -0.4 is 37.5 Å². The number of nitrogen functional groups attached to an aromatic ring is 1. The Labute approximate surface area is 552 Å². The van der Waals surface area contributed by atoms with Gasteiger partial charge in [0.1, 0.15) is 29.7 Å². The normalized spacial score (nSPS) is 13.0. The van der Waals surface area contributed by atoms with E-state index in [1.165, 1.54) is 55.0 Å². The van der Waals surface area contributed by atoms with E-state index in [9.17, 15) is 43.8 Å². The van der Waals surface area contributed by atoms with Gasteiger partial charge in [-0.05, 0) is 62.7 Å². The number of benzene rings is 2. The number of fused-ring (bicyclic) bond motifs is 2. The average Bonchev–Trinajstić information content (AvgIpc) is 1.02. The molecule has 1 fully saturated rings. The van der Waals surface area contributed by atoms with E-state index >= 15 is 4.39 Å². The highest BCUT2D eigenvalue weighted by Crippen LogP contribution is 2.37. The Morgan fingerprint density at radius 3 is 2.33 bits per heavy atom. The number of aliphatic hydroxyl groups excluding tert-OH is 1. The van der Waals surface area contributed by atoms with Gasteiger partial charge < -0.3 is 66.0 Å². The van der Waals surface area contributed by atoms with Gasteiger partial charge in [0.25, 0.3) is 11.5 Å². The third-order valence-electron chi connectivity index (χ3n) is 15.1. The molecule has 0 saturated carbocycles. The van der Waals surface area contributed by atoms with Crippen LogP contribution in [0.3, 0.4) is 0 Å². The lowest BCUT2D eigenvalue weighted by atomic mass is 10.0. The second-order valence-electron chi connectivity index (χ2n) is 22.0. The van der Waals surface area contributed by atoms with Crippen molar-refractivity contribution < 1.29 is 57.1 Å². The van der Waals surface area contributed by atoms with E-state index in [1.54, 1.807) is 41.8 Å². The van der Waals surface area contributed by atoms with Crippen LogP contribution in [-0.4, -0.2) is 210 Å². The van der Waals surface area contributed by atoms with Crippen molar-refractivity contribution in [2.45, 2.75) is 58.4 Å². The zero-order chi connectivity index (χ0) is 68.1. The van der Waals surface area contributed by atoms with Crippen molar-refractivity contribution in [3.8, 4) is 17.3 Å². The number of carbonyl (C=O) groups excluding carboxylic acids is 3. The van der Waals surface area contributed by atoms with Crippen LogP contribution in [-0.2, 0) is 53.0 Å². The number of aryl methyl sites for hydroxylation is 1. The Balaban J connectivity index is 0.590. The molecule has 2 aromatic carbocycles. The summed E-state index contributed by atoms with van der Waals surface area (Å²) in [5.74, 6) is -3.37. The quantitative estimate of drug-likeness (QED) is 0.0264. The number of hydrogen-bond acceptors (Lipinski definition) is 25. The van der Waals surface area contributed by atoms with Crippen molar-refractivity contribution in [3.05, 3.63) is 134 Å². The first kappa shape index (κ1) is 70.2. The molecular formula is C62H71ClF2N20O11. The van der Waals surface area contributed by atoms with Crippen LogP contribution in [0.25, 0.3) is 33.5 Å². The maximum Gasteiger partial charge on any atom is 0.326 e. The standard InChI is InChI=1S/C62H71ClF2N20O11/c1-37(45-27-39(29-66)3-8-46(45)64)74-55-52(63)38(2)73-49-28-47(65)53(77-54(49)55)41-30-71-62(72-31-41)84-14-12-83(13-15-84)51(88)36-96-22-18-85-35-44(80-81-85)34-82(16-19-86)17-21-94-24-26-95-25-23-93-20-11-68-50(87)10-9-48(60(91)92)76-58(89)40-4-6-42(7-5-40)69-32-43-33-70-57-56(75-43)59(90)79-61(67)78-57/h3-8,27-28,30-31,33,35,37,48,69,86H,9-26,32,34,36H2,1-2H3,(H,68,87)(H,73,74)(H,76,89)(H,91,92)(H3,67,70,78,79,90)/t37-,48+/m1/s1. The van der Waals surface area contributed by atoms with Gasteiger partial charge in [-0.15, -0.1) is 5.10 Å². The fraction of sp³-hybridized carbons (Fsp3) is 0.403. The smallest absolute Gasteiger partial charge is 0.326 e. The molecule has 31 nitrogen and oxygen atoms in total. The monoisotopic (exact) mass is 1340 g/mol. The molecule has 0 bridgehead atoms. The number of aliphatic carboxylic acids is 1. The second kappa shape index (κ2) is 34.4. The number of aromatic nitrogens is 11. The van der Waals surface area contributed by atoms with Crippen LogP contribution in [0.2, 0.25) is 5.02 Å². The SMILES string of the molecule is Cc1nc2cc(F)c(-c3cnc(N4CCN(C(=O)COCCn5cc(CN(CCO)CCOCCOCCOCCNC(=O)CC[C@H](NC(=O)c6ccc(NCc7cnc8nc(N)[nH]c(=O)c8n7)cc6)C(=O)O)nn5)CC4)nc3)nc2c(N[C@H](C)c2cc(C#N)ccc2F)c1Cl. The molecule has 6 aromatic heterocycles. The summed E-state index contributed by atoms with van der Waals surface area (Å²) < 4.78 is 54.8. The molecule has 506 valence electrons. The number of carboxylic acids is 1. The summed E-state index contributed by atoms with van der Waals surface area (Å²) in [6.45, 7) is 8.79. The molecule has 1 aliphatic heterocycles. The van der Waals surface area contributed by atoms with Crippen molar-refractivity contribution in [1.82, 2.24) is 75.3 Å². The van der Waals surface area contributed by atoms with Gasteiger partial charge in [-0.2, -0.15) is 10.2 Å². The Bertz CT molecular complexity index is 4100. The van der Waals surface area contributed by atoms with Crippen LogP contribution in [0.1, 0.15) is 64.4 Å². The molecule has 8 aromatic rings. The molecule has 0 aliphatic carbocycles. The Kier molecular flexibility index (Phi) is 25.1. The number of anilines is 4. The van der Waals surface area contributed by atoms with Gasteiger partial charge in [0.2, 0.25) is 23.7 Å². The zero-order valence-electron chi connectivity index (χ0n) is 52.5. The van der Waals surface area contributed by atoms with E-state index < -0.39 is 47.1 Å². The van der Waals surface area contributed by atoms with Gasteiger partial charge >= 0.3 is 5.97 Å². The summed E-state index contributed by atoms with van der Waals surface area (Å²) in [5, 5.41) is 48.9. The fourth-order valence-electron chi connectivity index (χ4n) is 10.0. The zero-order valence-corrected chi connectivity index (χ0v) is 53.2. The first-order chi connectivity index (χ1) is 46.4. The molecule has 1 saturated heterocycles. The van der Waals surface area contributed by atoms with Gasteiger partial charge in [0, 0.05) is 106 Å². The molecule has 0 radical (unpaired) electrons. The first-order valence-corrected chi connectivity index (χ1v) is 31.0. The number of nitriles is 1. The van der Waals surface area contributed by atoms with E-state index in [4.69, 9.17) is 36.3 Å². The number of aromatic amines is 1. The minimum Gasteiger partial charge on any atom is -0.480 e. The van der Waals surface area contributed by atoms with Crippen molar-refractivity contribution >= 4 is 80.8 Å². The molecule has 7 heterocycles. The number of halogens is 3. The number of H-pyrrole nitrogens is 1. The topological polar surface area (TPSA) is 407 Å². The molecule has 34 heteroatoms. The van der Waals surface area contributed by atoms with Crippen molar-refractivity contribution in [2.75, 3.05) is 127 Å². The van der Waals surface area contributed by atoms with E-state index in [1.807, 2.05) is 15.9 Å². The van der Waals surface area contributed by atoms with E-state index in [0.29, 0.717) is 112 Å². The van der Waals surface area contributed by atoms with Crippen LogP contribution in [0.5, 0.6) is 0 Å². The number of carbonyl (C=O) groups is 4. The highest BCUT2D eigenvalue weighted by atomic mass is 35.5. The minimum atomic E-state index is -1.32. The summed E-state index contributed by atoms with van der Waals surface area (Å²) in [6.07, 6.45) is 5.86. The highest BCUT2D eigenvalue weighted by molar-refractivity contribution is 6.35. The summed E-state index contributed by atoms with van der Waals surface area (Å²) >= 11 is 6.72. The number of ether oxygens (including phenoxy) is 4. The lowest BCUT2D eigenvalue weighted by Crippen LogP contribution is -2.50. The van der Waals surface area contributed by atoms with Gasteiger partial charge in [-0.3, -0.25) is 29.1 Å². The number of carboxylic acid groups (broad SMARTS) is 1. The summed E-state index contributed by atoms with van der Waals surface area (Å²) in [6, 6.07) is 11.6. The number of nitrogens with two attached hydrogens (primary N) is 1. The first-order valence-electron chi connectivity index (χ1n) is 30.6. The van der Waals surface area contributed by atoms with Crippen LogP contribution >= 0.6 is 11.6 Å². The third kappa shape index (κ3) is 19.5. The number of nitrogens with one attached hydrogen (secondary N) is 5. The van der Waals surface area contributed by atoms with Crippen LogP contribution in [0, 0.1) is 29.9 Å². The molecule has 9 rings (SSSR count). The van der Waals surface area contributed by atoms with E-state index in [0.717, 1.165) is 0 Å². The summed E-state index contributed by atoms with van der Waals surface area (Å²) in [7, 11) is 0. The Hall–Kier alpha value is -10.1. The van der Waals surface area contributed by atoms with E-state index in [2.05, 4.69) is 71.5 Å². The number of hydrogen-bond donors (Lipinski definition) is 8. The van der Waals surface area contributed by atoms with Crippen LogP contribution in [0.15, 0.2) is 78.1 Å². The lowest BCUT2D eigenvalue weighted by molar-refractivity contribution is -0.139. The Morgan fingerprint density at radius 1 is 0.865 bits per heavy atom. The van der Waals surface area contributed by atoms with Gasteiger partial charge in [0.15, 0.2) is 17.0 Å². The highest BCUT2D eigenvalue weighted by Gasteiger charge is 2.26. The predicted octanol–water partition coefficient (Wildman–Crippen LogP) is 3.17. The van der Waals surface area contributed by atoms with E-state index in [-0.39, 0.29) is 127 Å². The number of aliphatic hydroxyl groups is 1. The number of nitrogens with zero attached hydrogens (tertiary/aromatic N) is 14. The number of pyridine rings is 2. The van der Waals surface area contributed by atoms with Gasteiger partial charge in [0.05, 0.1) is 123 Å². The molecule has 96 heavy (non-hydrogen) atoms. The number of piperazine rings is 1. The summed E-state index contributed by atoms with van der Waals surface area (Å²) in [5.41, 5.74) is 9.08. The number of rotatable bonds is 35. The second-order valence-corrected chi connectivity index (χ2v) is 22.3. The summed E-state index contributed by atoms with van der Waals surface area (Å²) in [4.78, 5) is 101. The third-order valence-corrected chi connectivity index (χ3v) is 15.6. The molecule has 2 atom stereocenters. The minimum absolute atomic E-state index is 0.0378. The molecule has 0 spiro atoms. The number of amides is 3. The predicted molar refractivity (Wildman–Crippen MR) is 345 cm³/mol. The largest absolute Gasteiger partial charge is 0.480 e. The lowest BCUT2D eigenvalue weighted by Gasteiger charge is -2.34. The van der Waals surface area contributed by atoms with Crippen molar-refractivity contribution in [1.29, 1.82) is 5.26 Å². The molecule has 0 unspecified atom stereocenters. The molecule has 9 N–H and O–H groups in total.